The molecule has 0 saturated carbocycles. The van der Waals surface area contributed by atoms with Gasteiger partial charge in [0.2, 0.25) is 0 Å². The Labute approximate surface area is 112 Å². The molecule has 0 spiro atoms. The molecule has 1 saturated heterocycles. The zero-order valence-electron chi connectivity index (χ0n) is 10.5. The molecule has 98 valence electrons. The van der Waals surface area contributed by atoms with Gasteiger partial charge in [0.05, 0.1) is 12.1 Å². The molecule has 1 aromatic carbocycles. The third kappa shape index (κ3) is 2.51. The molecule has 2 N–H and O–H groups in total. The Morgan fingerprint density at radius 2 is 2.22 bits per heavy atom. The van der Waals surface area contributed by atoms with E-state index in [4.69, 9.17) is 11.6 Å². The molecule has 1 aromatic rings. The lowest BCUT2D eigenvalue weighted by atomic mass is 10.1. The number of aliphatic hydroxyl groups excluding tert-OH is 1. The highest BCUT2D eigenvalue weighted by Gasteiger charge is 2.31. The summed E-state index contributed by atoms with van der Waals surface area (Å²) in [6.45, 7) is 3.01. The first-order chi connectivity index (χ1) is 8.50. The number of rotatable bonds is 2. The minimum absolute atomic E-state index is 0.0862. The highest BCUT2D eigenvalue weighted by molar-refractivity contribution is 6.30. The normalized spacial score (nSPS) is 23.1. The van der Waals surface area contributed by atoms with Gasteiger partial charge in [-0.1, -0.05) is 11.6 Å². The van der Waals surface area contributed by atoms with E-state index in [9.17, 15) is 9.90 Å². The van der Waals surface area contributed by atoms with Crippen molar-refractivity contribution in [2.24, 2.45) is 0 Å². The zero-order valence-corrected chi connectivity index (χ0v) is 11.2. The van der Waals surface area contributed by atoms with Gasteiger partial charge in [-0.15, -0.1) is 0 Å². The minimum atomic E-state index is -0.508. The average molecular weight is 269 g/mol. The van der Waals surface area contributed by atoms with E-state index in [-0.39, 0.29) is 11.9 Å². The predicted molar refractivity (Wildman–Crippen MR) is 70.9 cm³/mol. The van der Waals surface area contributed by atoms with E-state index in [1.54, 1.807) is 30.1 Å². The summed E-state index contributed by atoms with van der Waals surface area (Å²) >= 11 is 5.88. The van der Waals surface area contributed by atoms with Crippen LogP contribution in [0.4, 0.5) is 0 Å². The number of likely N-dealkylation sites (N-methyl/N-ethyl adjacent to an activating group) is 1. The molecule has 0 aliphatic carbocycles. The van der Waals surface area contributed by atoms with Gasteiger partial charge in [0.15, 0.2) is 0 Å². The molecule has 0 aromatic heterocycles. The lowest BCUT2D eigenvalue weighted by Gasteiger charge is -2.27. The number of carbonyl (C=O) groups is 1. The summed E-state index contributed by atoms with van der Waals surface area (Å²) in [5, 5.41) is 13.5. The molecule has 1 aliphatic heterocycles. The van der Waals surface area contributed by atoms with Gasteiger partial charge in [-0.25, -0.2) is 0 Å². The largest absolute Gasteiger partial charge is 0.390 e. The molecule has 0 radical (unpaired) electrons. The summed E-state index contributed by atoms with van der Waals surface area (Å²) in [4.78, 5) is 14.0. The molecule has 18 heavy (non-hydrogen) atoms. The number of β-amino-alcohol motifs (C(OH)–C–C–N with tert-alkyl or cyclic N) is 1. The van der Waals surface area contributed by atoms with Gasteiger partial charge < -0.3 is 15.3 Å². The molecule has 0 bridgehead atoms. The molecular formula is C13H17ClN2O2. The van der Waals surface area contributed by atoms with E-state index in [1.807, 2.05) is 6.92 Å². The fourth-order valence-corrected chi connectivity index (χ4v) is 2.48. The van der Waals surface area contributed by atoms with Crippen molar-refractivity contribution in [3.8, 4) is 0 Å². The number of aliphatic hydroxyl groups is 1. The van der Waals surface area contributed by atoms with Gasteiger partial charge in [-0.3, -0.25) is 4.79 Å². The number of amides is 1. The van der Waals surface area contributed by atoms with Crippen LogP contribution in [-0.4, -0.2) is 48.2 Å². The van der Waals surface area contributed by atoms with Gasteiger partial charge in [-0.2, -0.15) is 0 Å². The van der Waals surface area contributed by atoms with E-state index in [0.29, 0.717) is 23.7 Å². The summed E-state index contributed by atoms with van der Waals surface area (Å²) in [5.74, 6) is -0.0862. The number of nitrogens with one attached hydrogen (secondary N) is 1. The standard InChI is InChI=1S/C13H17ClN2O2/c1-8-5-9(14)3-4-10(8)13(18)16(2)11-6-15-7-12(11)17/h3-5,11-12,15,17H,6-7H2,1-2H3/t11-,12-/m0/s1. The van der Waals surface area contributed by atoms with E-state index in [1.165, 1.54) is 0 Å². The molecule has 1 heterocycles. The van der Waals surface area contributed by atoms with E-state index in [2.05, 4.69) is 5.32 Å². The summed E-state index contributed by atoms with van der Waals surface area (Å²) < 4.78 is 0. The van der Waals surface area contributed by atoms with Crippen molar-refractivity contribution in [1.29, 1.82) is 0 Å². The van der Waals surface area contributed by atoms with Crippen molar-refractivity contribution in [3.05, 3.63) is 34.3 Å². The maximum atomic E-state index is 12.4. The molecule has 0 unspecified atom stereocenters. The van der Waals surface area contributed by atoms with Crippen molar-refractivity contribution < 1.29 is 9.90 Å². The van der Waals surface area contributed by atoms with Crippen molar-refractivity contribution >= 4 is 17.5 Å². The quantitative estimate of drug-likeness (QED) is 0.843. The summed E-state index contributed by atoms with van der Waals surface area (Å²) in [6.07, 6.45) is -0.508. The van der Waals surface area contributed by atoms with E-state index >= 15 is 0 Å². The summed E-state index contributed by atoms with van der Waals surface area (Å²) in [5.41, 5.74) is 1.47. The van der Waals surface area contributed by atoms with Gasteiger partial charge in [0.1, 0.15) is 0 Å². The molecule has 5 heteroatoms. The Bertz CT molecular complexity index is 464. The molecule has 1 fully saturated rings. The van der Waals surface area contributed by atoms with Crippen LogP contribution in [0.3, 0.4) is 0 Å². The van der Waals surface area contributed by atoms with Gasteiger partial charge in [0, 0.05) is 30.7 Å². The van der Waals surface area contributed by atoms with Crippen molar-refractivity contribution in [2.75, 3.05) is 20.1 Å². The number of nitrogens with zero attached hydrogens (tertiary/aromatic N) is 1. The van der Waals surface area contributed by atoms with Crippen LogP contribution in [0, 0.1) is 6.92 Å². The first kappa shape index (κ1) is 13.3. The van der Waals surface area contributed by atoms with Crippen LogP contribution in [0.25, 0.3) is 0 Å². The summed E-state index contributed by atoms with van der Waals surface area (Å²) in [6, 6.07) is 5.03. The number of halogens is 1. The number of hydrogen-bond acceptors (Lipinski definition) is 3. The highest BCUT2D eigenvalue weighted by atomic mass is 35.5. The van der Waals surface area contributed by atoms with Gasteiger partial charge in [0.25, 0.3) is 5.91 Å². The third-order valence-electron chi connectivity index (χ3n) is 3.39. The maximum Gasteiger partial charge on any atom is 0.254 e. The maximum absolute atomic E-state index is 12.4. The number of carbonyl (C=O) groups excluding carboxylic acids is 1. The van der Waals surface area contributed by atoms with Crippen molar-refractivity contribution in [1.82, 2.24) is 10.2 Å². The second-order valence-electron chi connectivity index (χ2n) is 4.67. The highest BCUT2D eigenvalue weighted by Crippen LogP contribution is 2.18. The molecule has 2 atom stereocenters. The number of aryl methyl sites for hydroxylation is 1. The molecule has 1 aliphatic rings. The van der Waals surface area contributed by atoms with Crippen LogP contribution in [0.1, 0.15) is 15.9 Å². The lowest BCUT2D eigenvalue weighted by molar-refractivity contribution is 0.0580. The van der Waals surface area contributed by atoms with Crippen LogP contribution in [0.15, 0.2) is 18.2 Å². The Morgan fingerprint density at radius 3 is 2.78 bits per heavy atom. The number of hydrogen-bond donors (Lipinski definition) is 2. The summed E-state index contributed by atoms with van der Waals surface area (Å²) in [7, 11) is 1.72. The monoisotopic (exact) mass is 268 g/mol. The van der Waals surface area contributed by atoms with Crippen LogP contribution in [-0.2, 0) is 0 Å². The fraction of sp³-hybridized carbons (Fsp3) is 0.462. The Balaban J connectivity index is 2.20. The second-order valence-corrected chi connectivity index (χ2v) is 5.10. The van der Waals surface area contributed by atoms with Crippen LogP contribution in [0.5, 0.6) is 0 Å². The van der Waals surface area contributed by atoms with Gasteiger partial charge in [-0.05, 0) is 30.7 Å². The van der Waals surface area contributed by atoms with Crippen LogP contribution in [0.2, 0.25) is 5.02 Å². The molecule has 4 nitrogen and oxygen atoms in total. The second kappa shape index (κ2) is 5.26. The van der Waals surface area contributed by atoms with Crippen LogP contribution >= 0.6 is 11.6 Å². The Morgan fingerprint density at radius 1 is 1.50 bits per heavy atom. The molecule has 2 rings (SSSR count). The average Bonchev–Trinajstić information content (AvgIpc) is 2.74. The lowest BCUT2D eigenvalue weighted by Crippen LogP contribution is -2.44. The third-order valence-corrected chi connectivity index (χ3v) is 3.62. The van der Waals surface area contributed by atoms with Crippen LogP contribution < -0.4 is 5.32 Å². The zero-order chi connectivity index (χ0) is 13.3. The van der Waals surface area contributed by atoms with Crippen molar-refractivity contribution in [2.45, 2.75) is 19.1 Å². The van der Waals surface area contributed by atoms with E-state index in [0.717, 1.165) is 5.56 Å². The predicted octanol–water partition coefficient (Wildman–Crippen LogP) is 1.05. The van der Waals surface area contributed by atoms with Crippen molar-refractivity contribution in [3.63, 3.8) is 0 Å². The fourth-order valence-electron chi connectivity index (χ4n) is 2.25. The minimum Gasteiger partial charge on any atom is -0.390 e. The topological polar surface area (TPSA) is 52.6 Å². The van der Waals surface area contributed by atoms with E-state index < -0.39 is 6.10 Å². The SMILES string of the molecule is Cc1cc(Cl)ccc1C(=O)N(C)[C@H]1CNC[C@@H]1O. The first-order valence-electron chi connectivity index (χ1n) is 5.93. The Kier molecular flexibility index (Phi) is 3.90. The number of benzene rings is 1. The smallest absolute Gasteiger partial charge is 0.254 e. The van der Waals surface area contributed by atoms with Gasteiger partial charge >= 0.3 is 0 Å². The first-order valence-corrected chi connectivity index (χ1v) is 6.30. The molecular weight excluding hydrogens is 252 g/mol. The molecule has 1 amide bonds. The Hall–Kier alpha value is -1.10.